The zero-order valence-corrected chi connectivity index (χ0v) is 11.5. The van der Waals surface area contributed by atoms with Crippen LogP contribution in [0.2, 0.25) is 0 Å². The van der Waals surface area contributed by atoms with Gasteiger partial charge in [0.1, 0.15) is 6.07 Å². The standard InChI is InChI=1S/C11H11BrClNS/c1-8(5-13)7-15-11-3-2-10(12)4-9(11)6-14/h2-4,8H,5,7H2,1H3. The first-order chi connectivity index (χ1) is 7.17. The maximum atomic E-state index is 8.96. The lowest BCUT2D eigenvalue weighted by Gasteiger charge is -2.08. The zero-order valence-electron chi connectivity index (χ0n) is 8.34. The van der Waals surface area contributed by atoms with E-state index in [9.17, 15) is 0 Å². The first-order valence-corrected chi connectivity index (χ1v) is 6.87. The first-order valence-electron chi connectivity index (χ1n) is 4.55. The molecule has 1 nitrogen and oxygen atoms in total. The molecule has 1 rings (SSSR count). The summed E-state index contributed by atoms with van der Waals surface area (Å²) >= 11 is 10.8. The number of benzene rings is 1. The van der Waals surface area contributed by atoms with Gasteiger partial charge in [0.25, 0.3) is 0 Å². The Balaban J connectivity index is 2.73. The highest BCUT2D eigenvalue weighted by molar-refractivity contribution is 9.10. The average Bonchev–Trinajstić information content (AvgIpc) is 2.26. The van der Waals surface area contributed by atoms with E-state index in [1.165, 1.54) is 0 Å². The third-order valence-electron chi connectivity index (χ3n) is 1.85. The van der Waals surface area contributed by atoms with Crippen LogP contribution in [-0.2, 0) is 0 Å². The van der Waals surface area contributed by atoms with Crippen LogP contribution < -0.4 is 0 Å². The molecule has 1 unspecified atom stereocenters. The molecular formula is C11H11BrClNS. The second kappa shape index (κ2) is 6.42. The van der Waals surface area contributed by atoms with Gasteiger partial charge in [-0.25, -0.2) is 0 Å². The van der Waals surface area contributed by atoms with Crippen molar-refractivity contribution in [1.29, 1.82) is 5.26 Å². The summed E-state index contributed by atoms with van der Waals surface area (Å²) in [6.07, 6.45) is 0. The van der Waals surface area contributed by atoms with Gasteiger partial charge in [-0.2, -0.15) is 5.26 Å². The van der Waals surface area contributed by atoms with E-state index >= 15 is 0 Å². The molecule has 0 amide bonds. The molecule has 0 saturated heterocycles. The Morgan fingerprint density at radius 2 is 2.33 bits per heavy atom. The Morgan fingerprint density at radius 3 is 2.93 bits per heavy atom. The molecule has 0 aliphatic rings. The molecule has 0 saturated carbocycles. The minimum Gasteiger partial charge on any atom is -0.192 e. The van der Waals surface area contributed by atoms with Crippen molar-refractivity contribution in [1.82, 2.24) is 0 Å². The largest absolute Gasteiger partial charge is 0.192 e. The van der Waals surface area contributed by atoms with Crippen LogP contribution in [0.1, 0.15) is 12.5 Å². The van der Waals surface area contributed by atoms with Crippen LogP contribution in [0, 0.1) is 17.2 Å². The molecule has 80 valence electrons. The average molecular weight is 305 g/mol. The van der Waals surface area contributed by atoms with E-state index in [0.29, 0.717) is 11.8 Å². The van der Waals surface area contributed by atoms with Gasteiger partial charge >= 0.3 is 0 Å². The predicted molar refractivity (Wildman–Crippen MR) is 69.5 cm³/mol. The third kappa shape index (κ3) is 4.06. The van der Waals surface area contributed by atoms with Crippen molar-refractivity contribution in [2.45, 2.75) is 11.8 Å². The monoisotopic (exact) mass is 303 g/mol. The van der Waals surface area contributed by atoms with Crippen molar-refractivity contribution >= 4 is 39.3 Å². The lowest BCUT2D eigenvalue weighted by molar-refractivity contribution is 0.759. The van der Waals surface area contributed by atoms with Crippen molar-refractivity contribution < 1.29 is 0 Å². The molecule has 15 heavy (non-hydrogen) atoms. The van der Waals surface area contributed by atoms with Gasteiger partial charge in [0.15, 0.2) is 0 Å². The van der Waals surface area contributed by atoms with Gasteiger partial charge < -0.3 is 0 Å². The van der Waals surface area contributed by atoms with Gasteiger partial charge in [-0.3, -0.25) is 0 Å². The van der Waals surface area contributed by atoms with Gasteiger partial charge in [-0.05, 0) is 24.1 Å². The van der Waals surface area contributed by atoms with E-state index in [1.807, 2.05) is 18.2 Å². The molecule has 0 fully saturated rings. The van der Waals surface area contributed by atoms with E-state index in [-0.39, 0.29) is 0 Å². The maximum absolute atomic E-state index is 8.96. The van der Waals surface area contributed by atoms with Crippen LogP contribution >= 0.6 is 39.3 Å². The minimum atomic E-state index is 0.465. The second-order valence-corrected chi connectivity index (χ2v) is 5.61. The molecule has 0 aliphatic carbocycles. The van der Waals surface area contributed by atoms with Crippen molar-refractivity contribution in [3.8, 4) is 6.07 Å². The molecule has 4 heteroatoms. The summed E-state index contributed by atoms with van der Waals surface area (Å²) in [7, 11) is 0. The highest BCUT2D eigenvalue weighted by atomic mass is 79.9. The molecule has 0 heterocycles. The number of rotatable bonds is 4. The Morgan fingerprint density at radius 1 is 1.60 bits per heavy atom. The third-order valence-corrected chi connectivity index (χ3v) is 4.27. The van der Waals surface area contributed by atoms with Crippen molar-refractivity contribution in [2.24, 2.45) is 5.92 Å². The van der Waals surface area contributed by atoms with E-state index in [4.69, 9.17) is 16.9 Å². The van der Waals surface area contributed by atoms with Crippen molar-refractivity contribution in [2.75, 3.05) is 11.6 Å². The molecule has 1 atom stereocenters. The maximum Gasteiger partial charge on any atom is 0.100 e. The Bertz CT molecular complexity index is 375. The van der Waals surface area contributed by atoms with Crippen LogP contribution in [0.5, 0.6) is 0 Å². The molecular weight excluding hydrogens is 294 g/mol. The summed E-state index contributed by atoms with van der Waals surface area (Å²) in [4.78, 5) is 1.03. The fourth-order valence-electron chi connectivity index (χ4n) is 0.992. The van der Waals surface area contributed by atoms with E-state index in [2.05, 4.69) is 28.9 Å². The molecule has 0 radical (unpaired) electrons. The summed E-state index contributed by atoms with van der Waals surface area (Å²) in [6, 6.07) is 7.95. The number of halogens is 2. The first kappa shape index (κ1) is 12.9. The normalized spacial score (nSPS) is 12.1. The van der Waals surface area contributed by atoms with Crippen molar-refractivity contribution in [3.05, 3.63) is 28.2 Å². The van der Waals surface area contributed by atoms with E-state index in [1.54, 1.807) is 11.8 Å². The summed E-state index contributed by atoms with van der Waals surface area (Å²) in [5.41, 5.74) is 0.719. The van der Waals surface area contributed by atoms with Crippen molar-refractivity contribution in [3.63, 3.8) is 0 Å². The van der Waals surface area contributed by atoms with Crippen LogP contribution in [0.15, 0.2) is 27.6 Å². The molecule has 1 aromatic carbocycles. The highest BCUT2D eigenvalue weighted by Gasteiger charge is 2.06. The Hall–Kier alpha value is -0.170. The van der Waals surface area contributed by atoms with Crippen LogP contribution in [0.25, 0.3) is 0 Å². The van der Waals surface area contributed by atoms with E-state index in [0.717, 1.165) is 20.7 Å². The van der Waals surface area contributed by atoms with Gasteiger partial charge in [0, 0.05) is 21.0 Å². The zero-order chi connectivity index (χ0) is 11.3. The lowest BCUT2D eigenvalue weighted by atomic mass is 10.2. The van der Waals surface area contributed by atoms with E-state index < -0.39 is 0 Å². The molecule has 0 spiro atoms. The quantitative estimate of drug-likeness (QED) is 0.612. The lowest BCUT2D eigenvalue weighted by Crippen LogP contribution is -1.99. The highest BCUT2D eigenvalue weighted by Crippen LogP contribution is 2.27. The van der Waals surface area contributed by atoms with Gasteiger partial charge in [0.2, 0.25) is 0 Å². The molecule has 0 N–H and O–H groups in total. The minimum absolute atomic E-state index is 0.465. The number of hydrogen-bond donors (Lipinski definition) is 0. The van der Waals surface area contributed by atoms with Crippen LogP contribution in [-0.4, -0.2) is 11.6 Å². The fourth-order valence-corrected chi connectivity index (χ4v) is 2.60. The number of alkyl halides is 1. The van der Waals surface area contributed by atoms with Gasteiger partial charge in [-0.15, -0.1) is 23.4 Å². The number of nitrogens with zero attached hydrogens (tertiary/aromatic N) is 1. The second-order valence-electron chi connectivity index (χ2n) is 3.32. The Labute approximate surface area is 108 Å². The SMILES string of the molecule is CC(CCl)CSc1ccc(Br)cc1C#N. The summed E-state index contributed by atoms with van der Waals surface area (Å²) in [5.74, 6) is 2.07. The summed E-state index contributed by atoms with van der Waals surface area (Å²) in [5, 5.41) is 8.96. The summed E-state index contributed by atoms with van der Waals surface area (Å²) in [6.45, 7) is 2.10. The predicted octanol–water partition coefficient (Wildman–Crippen LogP) is 4.29. The fraction of sp³-hybridized carbons (Fsp3) is 0.364. The van der Waals surface area contributed by atoms with Gasteiger partial charge in [0.05, 0.1) is 5.56 Å². The number of thioether (sulfide) groups is 1. The van der Waals surface area contributed by atoms with Crippen LogP contribution in [0.4, 0.5) is 0 Å². The smallest absolute Gasteiger partial charge is 0.100 e. The summed E-state index contributed by atoms with van der Waals surface area (Å²) < 4.78 is 0.939. The Kier molecular flexibility index (Phi) is 5.52. The van der Waals surface area contributed by atoms with Gasteiger partial charge in [-0.1, -0.05) is 22.9 Å². The molecule has 0 aliphatic heterocycles. The molecule has 0 bridgehead atoms. The number of hydrogen-bond acceptors (Lipinski definition) is 2. The van der Waals surface area contributed by atoms with Crippen LogP contribution in [0.3, 0.4) is 0 Å². The topological polar surface area (TPSA) is 23.8 Å². The number of nitriles is 1. The molecule has 1 aromatic rings. The molecule has 0 aromatic heterocycles.